The van der Waals surface area contributed by atoms with Crippen LogP contribution in [0.5, 0.6) is 0 Å². The Morgan fingerprint density at radius 1 is 1.11 bits per heavy atom. The van der Waals surface area contributed by atoms with E-state index in [4.69, 9.17) is 4.74 Å². The standard InChI is InChI=1S/C28H38N4O4/c1-18-22-11-10-19(16-21(22)12-14-29-18)17-30-25(33)23-13-15-32(23)26(34)24(20-8-6-5-7-9-20)31-27(35)36-28(2,3)4/h10-12,14,16,20,23-24H,5-9,13,15,17H2,1-4H3,(H,30,33)(H,31,35)/t23-,24+/m0/s1. The number of aryl methyl sites for hydroxylation is 1. The third-order valence-electron chi connectivity index (χ3n) is 7.16. The van der Waals surface area contributed by atoms with Gasteiger partial charge in [-0.15, -0.1) is 0 Å². The topological polar surface area (TPSA) is 101 Å². The van der Waals surface area contributed by atoms with Crippen molar-refractivity contribution < 1.29 is 19.1 Å². The zero-order valence-corrected chi connectivity index (χ0v) is 21.8. The summed E-state index contributed by atoms with van der Waals surface area (Å²) in [4.78, 5) is 45.1. The van der Waals surface area contributed by atoms with Crippen LogP contribution in [0.3, 0.4) is 0 Å². The number of hydrogen-bond acceptors (Lipinski definition) is 5. The van der Waals surface area contributed by atoms with Crippen molar-refractivity contribution in [2.45, 2.75) is 90.4 Å². The van der Waals surface area contributed by atoms with E-state index in [2.05, 4.69) is 21.7 Å². The second-order valence-electron chi connectivity index (χ2n) is 11.0. The summed E-state index contributed by atoms with van der Waals surface area (Å²) in [6.07, 6.45) is 6.79. The van der Waals surface area contributed by atoms with Gasteiger partial charge in [-0.2, -0.15) is 0 Å². The van der Waals surface area contributed by atoms with E-state index in [0.717, 1.165) is 54.1 Å². The molecule has 1 aromatic carbocycles. The fourth-order valence-electron chi connectivity index (χ4n) is 5.18. The number of likely N-dealkylation sites (tertiary alicyclic amines) is 1. The molecular weight excluding hydrogens is 456 g/mol. The van der Waals surface area contributed by atoms with E-state index < -0.39 is 23.8 Å². The number of aromatic nitrogens is 1. The molecule has 8 nitrogen and oxygen atoms in total. The number of pyridine rings is 1. The summed E-state index contributed by atoms with van der Waals surface area (Å²) in [5.74, 6) is -0.299. The number of hydrogen-bond donors (Lipinski definition) is 2. The largest absolute Gasteiger partial charge is 0.444 e. The molecule has 0 bridgehead atoms. The lowest BCUT2D eigenvalue weighted by molar-refractivity contribution is -0.150. The van der Waals surface area contributed by atoms with Crippen molar-refractivity contribution in [3.05, 3.63) is 41.7 Å². The molecule has 1 saturated heterocycles. The summed E-state index contributed by atoms with van der Waals surface area (Å²) in [7, 11) is 0. The van der Waals surface area contributed by atoms with Gasteiger partial charge in [-0.1, -0.05) is 31.4 Å². The van der Waals surface area contributed by atoms with Crippen LogP contribution in [0.15, 0.2) is 30.5 Å². The summed E-state index contributed by atoms with van der Waals surface area (Å²) in [6.45, 7) is 8.27. The van der Waals surface area contributed by atoms with Gasteiger partial charge in [0.2, 0.25) is 11.8 Å². The van der Waals surface area contributed by atoms with Gasteiger partial charge in [0.05, 0.1) is 0 Å². The normalized spacial score (nSPS) is 19.3. The quantitative estimate of drug-likeness (QED) is 0.626. The third kappa shape index (κ3) is 6.15. The Bertz CT molecular complexity index is 1120. The van der Waals surface area contributed by atoms with Crippen LogP contribution in [-0.4, -0.2) is 52.0 Å². The van der Waals surface area contributed by atoms with Crippen molar-refractivity contribution in [3.63, 3.8) is 0 Å². The number of nitrogens with zero attached hydrogens (tertiary/aromatic N) is 2. The zero-order valence-electron chi connectivity index (χ0n) is 21.8. The van der Waals surface area contributed by atoms with Gasteiger partial charge in [0.15, 0.2) is 0 Å². The maximum Gasteiger partial charge on any atom is 0.408 e. The molecule has 2 aromatic rings. The molecule has 8 heteroatoms. The molecular formula is C28H38N4O4. The minimum absolute atomic E-state index is 0.0543. The van der Waals surface area contributed by atoms with Gasteiger partial charge in [0.25, 0.3) is 0 Å². The number of amides is 3. The Morgan fingerprint density at radius 3 is 2.53 bits per heavy atom. The molecule has 36 heavy (non-hydrogen) atoms. The summed E-state index contributed by atoms with van der Waals surface area (Å²) < 4.78 is 5.44. The number of alkyl carbamates (subject to hydrolysis) is 1. The molecule has 0 radical (unpaired) electrons. The minimum Gasteiger partial charge on any atom is -0.444 e. The van der Waals surface area contributed by atoms with E-state index in [0.29, 0.717) is 19.5 Å². The lowest BCUT2D eigenvalue weighted by Gasteiger charge is -2.43. The summed E-state index contributed by atoms with van der Waals surface area (Å²) >= 11 is 0. The highest BCUT2D eigenvalue weighted by Crippen LogP contribution is 2.30. The first-order valence-corrected chi connectivity index (χ1v) is 13.0. The second-order valence-corrected chi connectivity index (χ2v) is 11.0. The number of carbonyl (C=O) groups excluding carboxylic acids is 3. The predicted molar refractivity (Wildman–Crippen MR) is 138 cm³/mol. The van der Waals surface area contributed by atoms with Crippen LogP contribution in [0, 0.1) is 12.8 Å². The molecule has 0 spiro atoms. The van der Waals surface area contributed by atoms with Gasteiger partial charge >= 0.3 is 6.09 Å². The fraction of sp³-hybridized carbons (Fsp3) is 0.571. The van der Waals surface area contributed by atoms with E-state index in [-0.39, 0.29) is 17.7 Å². The van der Waals surface area contributed by atoms with Gasteiger partial charge < -0.3 is 20.3 Å². The molecule has 2 fully saturated rings. The molecule has 0 unspecified atom stereocenters. The van der Waals surface area contributed by atoms with Crippen molar-refractivity contribution in [3.8, 4) is 0 Å². The first-order chi connectivity index (χ1) is 17.1. The van der Waals surface area contributed by atoms with Crippen molar-refractivity contribution in [2.24, 2.45) is 5.92 Å². The minimum atomic E-state index is -0.673. The zero-order chi connectivity index (χ0) is 25.9. The molecule has 1 saturated carbocycles. The van der Waals surface area contributed by atoms with Crippen molar-refractivity contribution in [1.82, 2.24) is 20.5 Å². The fourth-order valence-corrected chi connectivity index (χ4v) is 5.18. The van der Waals surface area contributed by atoms with Crippen LogP contribution in [0.2, 0.25) is 0 Å². The molecule has 1 aliphatic heterocycles. The van der Waals surface area contributed by atoms with E-state index in [1.165, 1.54) is 0 Å². The molecule has 1 aliphatic carbocycles. The lowest BCUT2D eigenvalue weighted by atomic mass is 9.82. The smallest absolute Gasteiger partial charge is 0.408 e. The Hall–Kier alpha value is -3.16. The van der Waals surface area contributed by atoms with E-state index in [1.54, 1.807) is 31.9 Å². The van der Waals surface area contributed by atoms with Crippen LogP contribution in [-0.2, 0) is 20.9 Å². The summed E-state index contributed by atoms with van der Waals surface area (Å²) in [5, 5.41) is 8.01. The number of carbonyl (C=O) groups is 3. The monoisotopic (exact) mass is 494 g/mol. The third-order valence-corrected chi connectivity index (χ3v) is 7.16. The van der Waals surface area contributed by atoms with Crippen molar-refractivity contribution in [1.29, 1.82) is 0 Å². The molecule has 2 heterocycles. The van der Waals surface area contributed by atoms with Crippen molar-refractivity contribution >= 4 is 28.7 Å². The highest BCUT2D eigenvalue weighted by molar-refractivity contribution is 5.93. The molecule has 2 aliphatic rings. The van der Waals surface area contributed by atoms with Gasteiger partial charge in [-0.25, -0.2) is 4.79 Å². The first-order valence-electron chi connectivity index (χ1n) is 13.0. The Morgan fingerprint density at radius 2 is 1.86 bits per heavy atom. The predicted octanol–water partition coefficient (Wildman–Crippen LogP) is 4.23. The average molecular weight is 495 g/mol. The molecule has 3 amide bonds. The Kier molecular flexibility index (Phi) is 7.81. The molecule has 2 N–H and O–H groups in total. The van der Waals surface area contributed by atoms with E-state index in [1.807, 2.05) is 25.1 Å². The van der Waals surface area contributed by atoms with E-state index in [9.17, 15) is 14.4 Å². The van der Waals surface area contributed by atoms with Crippen LogP contribution in [0.4, 0.5) is 4.79 Å². The molecule has 2 atom stereocenters. The number of rotatable bonds is 6. The van der Waals surface area contributed by atoms with E-state index >= 15 is 0 Å². The average Bonchev–Trinajstić information content (AvgIpc) is 2.80. The SMILES string of the molecule is Cc1nccc2cc(CNC(=O)[C@@H]3CCN3C(=O)[C@H](NC(=O)OC(C)(C)C)C3CCCCC3)ccc12. The highest BCUT2D eigenvalue weighted by Gasteiger charge is 2.43. The number of nitrogens with one attached hydrogen (secondary N) is 2. The number of fused-ring (bicyclic) bond motifs is 1. The maximum atomic E-state index is 13.6. The second kappa shape index (κ2) is 10.8. The first kappa shape index (κ1) is 25.9. The number of ether oxygens (including phenoxy) is 1. The molecule has 194 valence electrons. The maximum absolute atomic E-state index is 13.6. The Labute approximate surface area is 213 Å². The summed E-state index contributed by atoms with van der Waals surface area (Å²) in [6, 6.07) is 6.84. The van der Waals surface area contributed by atoms with Crippen molar-refractivity contribution in [2.75, 3.05) is 6.54 Å². The summed E-state index contributed by atoms with van der Waals surface area (Å²) in [5.41, 5.74) is 1.31. The molecule has 1 aromatic heterocycles. The van der Waals surface area contributed by atoms with Crippen LogP contribution in [0.1, 0.15) is 70.6 Å². The van der Waals surface area contributed by atoms with Gasteiger partial charge in [0, 0.05) is 30.4 Å². The van der Waals surface area contributed by atoms with Crippen LogP contribution >= 0.6 is 0 Å². The van der Waals surface area contributed by atoms with Crippen LogP contribution in [0.25, 0.3) is 10.8 Å². The van der Waals surface area contributed by atoms with Gasteiger partial charge in [0.1, 0.15) is 17.7 Å². The Balaban J connectivity index is 1.40. The number of benzene rings is 1. The van der Waals surface area contributed by atoms with Gasteiger partial charge in [-0.05, 0) is 76.0 Å². The van der Waals surface area contributed by atoms with Gasteiger partial charge in [-0.3, -0.25) is 14.6 Å². The molecule has 4 rings (SSSR count). The lowest BCUT2D eigenvalue weighted by Crippen LogP contribution is -2.63. The van der Waals surface area contributed by atoms with Crippen LogP contribution < -0.4 is 10.6 Å². The highest BCUT2D eigenvalue weighted by atomic mass is 16.6.